The van der Waals surface area contributed by atoms with Gasteiger partial charge in [-0.2, -0.15) is 0 Å². The Labute approximate surface area is 185 Å². The summed E-state index contributed by atoms with van der Waals surface area (Å²) in [6.07, 6.45) is 8.06. The third kappa shape index (κ3) is 3.66. The van der Waals surface area contributed by atoms with Crippen molar-refractivity contribution in [1.29, 1.82) is 0 Å². The monoisotopic (exact) mass is 422 g/mol. The number of aromatic hydroxyl groups is 2. The van der Waals surface area contributed by atoms with Crippen molar-refractivity contribution in [1.82, 2.24) is 0 Å². The van der Waals surface area contributed by atoms with Gasteiger partial charge < -0.3 is 10.2 Å². The van der Waals surface area contributed by atoms with Gasteiger partial charge in [0.05, 0.1) is 4.90 Å². The standard InChI is InChI=1S/C27H34O2S/c1-18-9-8-12-25-26(18,3)14-13-19(2)27(25,4)17-20-15-23(29)24(16-22(20)28)30-21-10-6-5-7-11-21/h5-7,9-11,15-16,19,25,28-29H,8,12-14,17H2,1-4H3/t19-,25+,26+,27+/m0/s1. The van der Waals surface area contributed by atoms with Gasteiger partial charge in [0.25, 0.3) is 0 Å². The molecule has 0 saturated heterocycles. The van der Waals surface area contributed by atoms with E-state index in [1.165, 1.54) is 31.0 Å². The minimum absolute atomic E-state index is 0.0977. The zero-order valence-electron chi connectivity index (χ0n) is 18.6. The Morgan fingerprint density at radius 1 is 1.03 bits per heavy atom. The highest BCUT2D eigenvalue weighted by Crippen LogP contribution is 2.61. The van der Waals surface area contributed by atoms with Crippen LogP contribution in [0.2, 0.25) is 0 Å². The molecule has 0 radical (unpaired) electrons. The molecule has 2 aromatic rings. The van der Waals surface area contributed by atoms with Crippen LogP contribution in [0.25, 0.3) is 0 Å². The molecule has 0 spiro atoms. The minimum Gasteiger partial charge on any atom is -0.508 e. The van der Waals surface area contributed by atoms with E-state index in [1.807, 2.05) is 30.3 Å². The molecule has 160 valence electrons. The van der Waals surface area contributed by atoms with Crippen LogP contribution >= 0.6 is 11.8 Å². The average molecular weight is 423 g/mol. The summed E-state index contributed by atoms with van der Waals surface area (Å²) in [4.78, 5) is 1.75. The van der Waals surface area contributed by atoms with Gasteiger partial charge in [0, 0.05) is 4.90 Å². The van der Waals surface area contributed by atoms with Gasteiger partial charge in [-0.3, -0.25) is 0 Å². The van der Waals surface area contributed by atoms with E-state index in [4.69, 9.17) is 0 Å². The molecule has 0 bridgehead atoms. The van der Waals surface area contributed by atoms with Crippen LogP contribution in [0.3, 0.4) is 0 Å². The van der Waals surface area contributed by atoms with Gasteiger partial charge in [0.1, 0.15) is 11.5 Å². The maximum atomic E-state index is 10.9. The van der Waals surface area contributed by atoms with Gasteiger partial charge >= 0.3 is 0 Å². The second-order valence-electron chi connectivity index (χ2n) is 9.92. The molecule has 0 aromatic heterocycles. The molecule has 2 aliphatic carbocycles. The van der Waals surface area contributed by atoms with Crippen molar-refractivity contribution in [3.05, 3.63) is 59.7 Å². The third-order valence-corrected chi connectivity index (χ3v) is 9.35. The van der Waals surface area contributed by atoms with Gasteiger partial charge in [-0.05, 0) is 91.5 Å². The summed E-state index contributed by atoms with van der Waals surface area (Å²) >= 11 is 1.48. The molecule has 4 rings (SSSR count). The van der Waals surface area contributed by atoms with E-state index in [0.29, 0.717) is 22.5 Å². The molecule has 1 saturated carbocycles. The Hall–Kier alpha value is -1.87. The fourth-order valence-electron chi connectivity index (χ4n) is 6.06. The predicted molar refractivity (Wildman–Crippen MR) is 125 cm³/mol. The molecule has 1 fully saturated rings. The number of hydrogen-bond donors (Lipinski definition) is 2. The van der Waals surface area contributed by atoms with E-state index in [-0.39, 0.29) is 16.6 Å². The first kappa shape index (κ1) is 21.4. The molecule has 2 aromatic carbocycles. The fourth-order valence-corrected chi connectivity index (χ4v) is 6.94. The molecule has 0 aliphatic heterocycles. The van der Waals surface area contributed by atoms with Crippen molar-refractivity contribution >= 4 is 11.8 Å². The van der Waals surface area contributed by atoms with Gasteiger partial charge in [0.15, 0.2) is 0 Å². The van der Waals surface area contributed by atoms with Gasteiger partial charge in [-0.15, -0.1) is 0 Å². The summed E-state index contributed by atoms with van der Waals surface area (Å²) in [6, 6.07) is 13.5. The van der Waals surface area contributed by atoms with Crippen molar-refractivity contribution in [2.24, 2.45) is 22.7 Å². The topological polar surface area (TPSA) is 40.5 Å². The third-order valence-electron chi connectivity index (χ3n) is 8.30. The maximum absolute atomic E-state index is 10.9. The number of rotatable bonds is 4. The molecule has 2 nitrogen and oxygen atoms in total. The molecule has 3 heteroatoms. The Balaban J connectivity index is 1.64. The number of hydrogen-bond acceptors (Lipinski definition) is 3. The summed E-state index contributed by atoms with van der Waals surface area (Å²) in [5.74, 6) is 1.74. The lowest BCUT2D eigenvalue weighted by molar-refractivity contribution is -0.0412. The summed E-state index contributed by atoms with van der Waals surface area (Å²) in [5.41, 5.74) is 2.76. The van der Waals surface area contributed by atoms with Crippen molar-refractivity contribution < 1.29 is 10.2 Å². The van der Waals surface area contributed by atoms with Crippen LogP contribution < -0.4 is 0 Å². The number of phenols is 2. The molecule has 2 aliphatic rings. The molecule has 2 N–H and O–H groups in total. The highest BCUT2D eigenvalue weighted by atomic mass is 32.2. The van der Waals surface area contributed by atoms with Crippen LogP contribution in [-0.2, 0) is 6.42 Å². The van der Waals surface area contributed by atoms with E-state index >= 15 is 0 Å². The maximum Gasteiger partial charge on any atom is 0.130 e. The highest BCUT2D eigenvalue weighted by Gasteiger charge is 2.53. The summed E-state index contributed by atoms with van der Waals surface area (Å²) in [6.45, 7) is 9.55. The van der Waals surface area contributed by atoms with Gasteiger partial charge in [0.2, 0.25) is 0 Å². The second kappa shape index (κ2) is 8.00. The second-order valence-corrected chi connectivity index (χ2v) is 11.0. The predicted octanol–water partition coefficient (Wildman–Crippen LogP) is 7.59. The van der Waals surface area contributed by atoms with Crippen LogP contribution in [-0.4, -0.2) is 10.2 Å². The zero-order chi connectivity index (χ0) is 21.5. The quantitative estimate of drug-likeness (QED) is 0.394. The minimum atomic E-state index is 0.0977. The number of phenolic OH excluding ortho intramolecular Hbond substituents is 2. The number of fused-ring (bicyclic) bond motifs is 1. The SMILES string of the molecule is CC1=CCC[C@H]2[C@](C)(Cc3cc(O)c(Sc4ccccc4)cc3O)[C@@H](C)CC[C@]12C. The normalized spacial score (nSPS) is 31.1. The lowest BCUT2D eigenvalue weighted by Gasteiger charge is -2.58. The Morgan fingerprint density at radius 3 is 2.50 bits per heavy atom. The molecule has 0 amide bonds. The first-order chi connectivity index (χ1) is 14.2. The van der Waals surface area contributed by atoms with Crippen molar-refractivity contribution in [2.75, 3.05) is 0 Å². The highest BCUT2D eigenvalue weighted by molar-refractivity contribution is 7.99. The molecular formula is C27H34O2S. The zero-order valence-corrected chi connectivity index (χ0v) is 19.4. The summed E-state index contributed by atoms with van der Waals surface area (Å²) in [5, 5.41) is 21.6. The van der Waals surface area contributed by atoms with Crippen molar-refractivity contribution in [3.63, 3.8) is 0 Å². The Kier molecular flexibility index (Phi) is 5.69. The average Bonchev–Trinajstić information content (AvgIpc) is 2.72. The fraction of sp³-hybridized carbons (Fsp3) is 0.481. The Bertz CT molecular complexity index is 951. The van der Waals surface area contributed by atoms with Crippen LogP contribution in [0.4, 0.5) is 0 Å². The first-order valence-corrected chi connectivity index (χ1v) is 12.0. The number of allylic oxidation sites excluding steroid dienone is 2. The van der Waals surface area contributed by atoms with Gasteiger partial charge in [-0.1, -0.05) is 62.4 Å². The van der Waals surface area contributed by atoms with E-state index in [2.05, 4.69) is 33.8 Å². The van der Waals surface area contributed by atoms with E-state index < -0.39 is 0 Å². The van der Waals surface area contributed by atoms with Gasteiger partial charge in [-0.25, -0.2) is 0 Å². The molecule has 30 heavy (non-hydrogen) atoms. The molecule has 0 unspecified atom stereocenters. The first-order valence-electron chi connectivity index (χ1n) is 11.2. The van der Waals surface area contributed by atoms with Crippen LogP contribution in [0, 0.1) is 22.7 Å². The van der Waals surface area contributed by atoms with Crippen molar-refractivity contribution in [2.45, 2.75) is 69.6 Å². The molecule has 0 heterocycles. The van der Waals surface area contributed by atoms with E-state index in [1.54, 1.807) is 17.7 Å². The lowest BCUT2D eigenvalue weighted by atomic mass is 9.47. The largest absolute Gasteiger partial charge is 0.508 e. The molecular weight excluding hydrogens is 388 g/mol. The van der Waals surface area contributed by atoms with E-state index in [9.17, 15) is 10.2 Å². The van der Waals surface area contributed by atoms with Crippen LogP contribution in [0.15, 0.2) is 63.9 Å². The van der Waals surface area contributed by atoms with Crippen LogP contribution in [0.1, 0.15) is 58.9 Å². The van der Waals surface area contributed by atoms with Crippen molar-refractivity contribution in [3.8, 4) is 11.5 Å². The van der Waals surface area contributed by atoms with E-state index in [0.717, 1.165) is 23.3 Å². The summed E-state index contributed by atoms with van der Waals surface area (Å²) < 4.78 is 0. The number of benzene rings is 2. The smallest absolute Gasteiger partial charge is 0.130 e. The summed E-state index contributed by atoms with van der Waals surface area (Å²) in [7, 11) is 0. The molecule has 4 atom stereocenters. The lowest BCUT2D eigenvalue weighted by Crippen LogP contribution is -2.50. The Morgan fingerprint density at radius 2 is 1.77 bits per heavy atom. The van der Waals surface area contributed by atoms with Crippen LogP contribution in [0.5, 0.6) is 11.5 Å².